The molecule has 1 N–H and O–H groups in total. The first kappa shape index (κ1) is 16.8. The van der Waals surface area contributed by atoms with Crippen molar-refractivity contribution in [1.29, 1.82) is 0 Å². The van der Waals surface area contributed by atoms with E-state index in [0.717, 1.165) is 25.1 Å². The number of aliphatic hydroxyl groups is 1. The summed E-state index contributed by atoms with van der Waals surface area (Å²) in [5, 5.41) is 9.80. The number of nitrogens with zero attached hydrogens (tertiary/aromatic N) is 1. The van der Waals surface area contributed by atoms with Gasteiger partial charge in [0, 0.05) is 25.1 Å². The lowest BCUT2D eigenvalue weighted by molar-refractivity contribution is -0.150. The minimum Gasteiger partial charge on any atom is -0.459 e. The van der Waals surface area contributed by atoms with Crippen LogP contribution in [0.15, 0.2) is 23.3 Å². The molecule has 0 aromatic heterocycles. The zero-order valence-electron chi connectivity index (χ0n) is 14.5. The van der Waals surface area contributed by atoms with Crippen LogP contribution in [0.2, 0.25) is 0 Å². The van der Waals surface area contributed by atoms with Crippen molar-refractivity contribution < 1.29 is 28.9 Å². The van der Waals surface area contributed by atoms with Gasteiger partial charge in [0.25, 0.3) is 0 Å². The second-order valence-corrected chi connectivity index (χ2v) is 7.31. The topological polar surface area (TPSA) is 88.6 Å². The number of hydrogen-bond donors (Lipinski definition) is 1. The predicted octanol–water partition coefficient (Wildman–Crippen LogP) is 0.326. The summed E-state index contributed by atoms with van der Waals surface area (Å²) in [4.78, 5) is 27.5. The normalized spacial score (nSPS) is 42.7. The zero-order chi connectivity index (χ0) is 17.8. The van der Waals surface area contributed by atoms with Gasteiger partial charge in [-0.3, -0.25) is 4.90 Å². The Kier molecular flexibility index (Phi) is 3.79. The van der Waals surface area contributed by atoms with Gasteiger partial charge in [-0.25, -0.2) is 9.59 Å². The smallest absolute Gasteiger partial charge is 0.341 e. The van der Waals surface area contributed by atoms with Crippen LogP contribution >= 0.6 is 0 Å². The predicted molar refractivity (Wildman–Crippen MR) is 86.6 cm³/mol. The fraction of sp³-hybridized carbons (Fsp3) is 0.667. The number of fused-ring (bicyclic) bond motifs is 1. The Morgan fingerprint density at radius 1 is 1.44 bits per heavy atom. The molecule has 0 aromatic carbocycles. The van der Waals surface area contributed by atoms with Crippen LogP contribution in [-0.2, 0) is 23.8 Å². The summed E-state index contributed by atoms with van der Waals surface area (Å²) in [5.74, 6) is -0.903. The van der Waals surface area contributed by atoms with Crippen LogP contribution in [-0.4, -0.2) is 71.6 Å². The molecule has 3 saturated heterocycles. The van der Waals surface area contributed by atoms with Crippen LogP contribution in [0, 0.1) is 0 Å². The van der Waals surface area contributed by atoms with E-state index in [-0.39, 0.29) is 31.8 Å². The van der Waals surface area contributed by atoms with E-state index in [1.54, 1.807) is 19.9 Å². The maximum atomic E-state index is 12.7. The second-order valence-electron chi connectivity index (χ2n) is 7.31. The molecule has 136 valence electrons. The molecule has 4 rings (SSSR count). The second kappa shape index (κ2) is 5.65. The summed E-state index contributed by atoms with van der Waals surface area (Å²) in [6, 6.07) is -0.0233. The van der Waals surface area contributed by atoms with E-state index < -0.39 is 23.1 Å². The van der Waals surface area contributed by atoms with Crippen molar-refractivity contribution in [3.63, 3.8) is 0 Å². The average molecular weight is 349 g/mol. The Bertz CT molecular complexity index is 685. The fourth-order valence-electron chi connectivity index (χ4n) is 4.26. The SMILES string of the molecule is CC=C1CC2(CO)OC2(C)C(=O)OCC2=CCN3CCC(OC1=O)C23. The number of ether oxygens (including phenoxy) is 3. The Morgan fingerprint density at radius 2 is 2.24 bits per heavy atom. The highest BCUT2D eigenvalue weighted by Gasteiger charge is 2.73. The Labute approximate surface area is 146 Å². The molecule has 0 bridgehead atoms. The minimum absolute atomic E-state index is 0.0233. The van der Waals surface area contributed by atoms with Gasteiger partial charge in [-0.2, -0.15) is 0 Å². The van der Waals surface area contributed by atoms with Gasteiger partial charge in [-0.05, 0) is 25.8 Å². The third kappa shape index (κ3) is 2.37. The lowest BCUT2D eigenvalue weighted by Gasteiger charge is -2.26. The first-order chi connectivity index (χ1) is 11.9. The number of carbonyl (C=O) groups is 2. The van der Waals surface area contributed by atoms with E-state index >= 15 is 0 Å². The van der Waals surface area contributed by atoms with Gasteiger partial charge >= 0.3 is 11.9 Å². The molecule has 0 aliphatic carbocycles. The molecule has 0 amide bonds. The van der Waals surface area contributed by atoms with Crippen molar-refractivity contribution in [1.82, 2.24) is 4.90 Å². The minimum atomic E-state index is -1.25. The number of allylic oxidation sites excluding steroid dienone is 1. The molecule has 3 fully saturated rings. The van der Waals surface area contributed by atoms with Gasteiger partial charge < -0.3 is 19.3 Å². The van der Waals surface area contributed by atoms with E-state index in [4.69, 9.17) is 14.2 Å². The molecule has 0 spiro atoms. The number of epoxide rings is 1. The highest BCUT2D eigenvalue weighted by Crippen LogP contribution is 2.52. The molecule has 4 heterocycles. The highest BCUT2D eigenvalue weighted by atomic mass is 16.7. The lowest BCUT2D eigenvalue weighted by atomic mass is 9.88. The number of carbonyl (C=O) groups excluding carboxylic acids is 2. The first-order valence-electron chi connectivity index (χ1n) is 8.71. The van der Waals surface area contributed by atoms with Crippen molar-refractivity contribution >= 4 is 11.9 Å². The van der Waals surface area contributed by atoms with Gasteiger partial charge in [0.05, 0.1) is 12.6 Å². The fourth-order valence-corrected chi connectivity index (χ4v) is 4.26. The highest BCUT2D eigenvalue weighted by molar-refractivity contribution is 5.90. The van der Waals surface area contributed by atoms with Gasteiger partial charge in [0.2, 0.25) is 0 Å². The van der Waals surface area contributed by atoms with Crippen LogP contribution < -0.4 is 0 Å². The third-order valence-corrected chi connectivity index (χ3v) is 6.00. The van der Waals surface area contributed by atoms with Crippen LogP contribution in [0.1, 0.15) is 26.7 Å². The number of cyclic esters (lactones) is 1. The molecular weight excluding hydrogens is 326 g/mol. The molecule has 0 saturated carbocycles. The Hall–Kier alpha value is -1.70. The third-order valence-electron chi connectivity index (χ3n) is 6.00. The van der Waals surface area contributed by atoms with Gasteiger partial charge in [0.1, 0.15) is 18.3 Å². The summed E-state index contributed by atoms with van der Waals surface area (Å²) >= 11 is 0. The average Bonchev–Trinajstić information content (AvgIpc) is 2.90. The van der Waals surface area contributed by atoms with Crippen molar-refractivity contribution in [3.05, 3.63) is 23.3 Å². The molecule has 7 nitrogen and oxygen atoms in total. The van der Waals surface area contributed by atoms with E-state index in [0.29, 0.717) is 5.57 Å². The lowest BCUT2D eigenvalue weighted by Crippen LogP contribution is -2.40. The number of hydrogen-bond acceptors (Lipinski definition) is 7. The van der Waals surface area contributed by atoms with Crippen molar-refractivity contribution in [2.75, 3.05) is 26.3 Å². The zero-order valence-corrected chi connectivity index (χ0v) is 14.5. The molecule has 4 atom stereocenters. The molecular formula is C18H23NO6. The van der Waals surface area contributed by atoms with E-state index in [2.05, 4.69) is 4.90 Å². The molecule has 0 aromatic rings. The standard InChI is InChI=1S/C18H23NO6/c1-3-11-8-18(10-20)17(2,25-18)16(22)23-9-12-4-6-19-7-5-13(14(12)19)24-15(11)21/h3-4,13-14,20H,5-10H2,1-2H3. The largest absolute Gasteiger partial charge is 0.459 e. The quantitative estimate of drug-likeness (QED) is 0.316. The van der Waals surface area contributed by atoms with Gasteiger partial charge in [0.15, 0.2) is 5.60 Å². The van der Waals surface area contributed by atoms with E-state index in [1.165, 1.54) is 0 Å². The summed E-state index contributed by atoms with van der Waals surface area (Å²) in [6.07, 6.45) is 4.34. The van der Waals surface area contributed by atoms with E-state index in [1.807, 2.05) is 6.08 Å². The number of esters is 2. The monoisotopic (exact) mass is 349 g/mol. The maximum absolute atomic E-state index is 12.7. The Balaban J connectivity index is 1.67. The van der Waals surface area contributed by atoms with Gasteiger partial charge in [-0.15, -0.1) is 0 Å². The molecule has 4 unspecified atom stereocenters. The summed E-state index contributed by atoms with van der Waals surface area (Å²) < 4.78 is 16.9. The first-order valence-corrected chi connectivity index (χ1v) is 8.71. The molecule has 25 heavy (non-hydrogen) atoms. The van der Waals surface area contributed by atoms with Crippen LogP contribution in [0.25, 0.3) is 0 Å². The summed E-state index contributed by atoms with van der Waals surface area (Å²) in [6.45, 7) is 4.76. The van der Waals surface area contributed by atoms with E-state index in [9.17, 15) is 14.7 Å². The van der Waals surface area contributed by atoms with Crippen molar-refractivity contribution in [3.8, 4) is 0 Å². The van der Waals surface area contributed by atoms with Gasteiger partial charge in [-0.1, -0.05) is 12.2 Å². The Morgan fingerprint density at radius 3 is 2.96 bits per heavy atom. The van der Waals surface area contributed by atoms with Crippen molar-refractivity contribution in [2.24, 2.45) is 0 Å². The molecule has 7 heteroatoms. The summed E-state index contributed by atoms with van der Waals surface area (Å²) in [7, 11) is 0. The molecule has 4 aliphatic rings. The number of aliphatic hydroxyl groups excluding tert-OH is 1. The van der Waals surface area contributed by atoms with Crippen LogP contribution in [0.5, 0.6) is 0 Å². The van der Waals surface area contributed by atoms with Crippen molar-refractivity contribution in [2.45, 2.75) is 50.0 Å². The van der Waals surface area contributed by atoms with Crippen LogP contribution in [0.3, 0.4) is 0 Å². The summed E-state index contributed by atoms with van der Waals surface area (Å²) in [5.41, 5.74) is -1.00. The number of rotatable bonds is 1. The van der Waals surface area contributed by atoms with Crippen LogP contribution in [0.4, 0.5) is 0 Å². The molecule has 0 radical (unpaired) electrons. The maximum Gasteiger partial charge on any atom is 0.341 e. The molecule has 4 aliphatic heterocycles.